The Morgan fingerprint density at radius 1 is 1.47 bits per heavy atom. The number of carbonyl (C=O) groups excluding carboxylic acids is 1. The van der Waals surface area contributed by atoms with Crippen LogP contribution in [0.2, 0.25) is 0 Å². The molecule has 0 aliphatic carbocycles. The Hall–Kier alpha value is -2.37. The van der Waals surface area contributed by atoms with E-state index in [1.807, 2.05) is 24.7 Å². The van der Waals surface area contributed by atoms with E-state index in [9.17, 15) is 4.79 Å². The molecule has 0 aliphatic heterocycles. The Kier molecular flexibility index (Phi) is 3.79. The van der Waals surface area contributed by atoms with Crippen molar-refractivity contribution in [1.29, 1.82) is 0 Å². The van der Waals surface area contributed by atoms with Crippen LogP contribution in [0.3, 0.4) is 0 Å². The van der Waals surface area contributed by atoms with Crippen molar-refractivity contribution in [3.8, 4) is 0 Å². The molecule has 100 valence electrons. The molecule has 1 N–H and O–H groups in total. The summed E-state index contributed by atoms with van der Waals surface area (Å²) < 4.78 is 6.51. The van der Waals surface area contributed by atoms with E-state index in [0.29, 0.717) is 17.4 Å². The zero-order valence-corrected chi connectivity index (χ0v) is 11.1. The van der Waals surface area contributed by atoms with Gasteiger partial charge < -0.3 is 10.1 Å². The second-order valence-corrected chi connectivity index (χ2v) is 4.35. The summed E-state index contributed by atoms with van der Waals surface area (Å²) in [5, 5.41) is 7.32. The second kappa shape index (κ2) is 5.51. The van der Waals surface area contributed by atoms with Gasteiger partial charge in [-0.25, -0.2) is 9.78 Å². The van der Waals surface area contributed by atoms with Crippen LogP contribution in [-0.2, 0) is 4.74 Å². The SMILES string of the molecule is COC(=O)c1ccnc(Nc2cnn(C(C)C)c2)c1. The molecule has 19 heavy (non-hydrogen) atoms. The molecule has 0 aliphatic rings. The van der Waals surface area contributed by atoms with Crippen molar-refractivity contribution in [3.63, 3.8) is 0 Å². The average Bonchev–Trinajstić information content (AvgIpc) is 2.87. The predicted molar refractivity (Wildman–Crippen MR) is 71.5 cm³/mol. The van der Waals surface area contributed by atoms with Crippen molar-refractivity contribution in [2.45, 2.75) is 19.9 Å². The van der Waals surface area contributed by atoms with Gasteiger partial charge in [0.2, 0.25) is 0 Å². The van der Waals surface area contributed by atoms with Crippen molar-refractivity contribution >= 4 is 17.5 Å². The van der Waals surface area contributed by atoms with Crippen LogP contribution in [0.5, 0.6) is 0 Å². The van der Waals surface area contributed by atoms with Gasteiger partial charge in [0.15, 0.2) is 0 Å². The third-order valence-electron chi connectivity index (χ3n) is 2.58. The van der Waals surface area contributed by atoms with Crippen molar-refractivity contribution in [3.05, 3.63) is 36.3 Å². The largest absolute Gasteiger partial charge is 0.465 e. The summed E-state index contributed by atoms with van der Waals surface area (Å²) in [4.78, 5) is 15.6. The summed E-state index contributed by atoms with van der Waals surface area (Å²) in [7, 11) is 1.35. The predicted octanol–water partition coefficient (Wildman–Crippen LogP) is 2.39. The van der Waals surface area contributed by atoms with E-state index >= 15 is 0 Å². The number of pyridine rings is 1. The average molecular weight is 260 g/mol. The number of rotatable bonds is 4. The van der Waals surface area contributed by atoms with E-state index in [-0.39, 0.29) is 5.97 Å². The van der Waals surface area contributed by atoms with E-state index in [4.69, 9.17) is 0 Å². The first-order valence-corrected chi connectivity index (χ1v) is 5.95. The number of nitrogens with one attached hydrogen (secondary N) is 1. The van der Waals surface area contributed by atoms with Crippen LogP contribution in [-0.4, -0.2) is 27.8 Å². The highest BCUT2D eigenvalue weighted by molar-refractivity contribution is 5.90. The Balaban J connectivity index is 2.16. The van der Waals surface area contributed by atoms with Gasteiger partial charge in [-0.3, -0.25) is 4.68 Å². The Morgan fingerprint density at radius 3 is 2.89 bits per heavy atom. The maximum Gasteiger partial charge on any atom is 0.338 e. The number of ether oxygens (including phenoxy) is 1. The lowest BCUT2D eigenvalue weighted by Gasteiger charge is -2.05. The third-order valence-corrected chi connectivity index (χ3v) is 2.58. The van der Waals surface area contributed by atoms with Crippen molar-refractivity contribution in [2.24, 2.45) is 0 Å². The maximum absolute atomic E-state index is 11.4. The van der Waals surface area contributed by atoms with Crippen molar-refractivity contribution < 1.29 is 9.53 Å². The molecule has 2 aromatic heterocycles. The second-order valence-electron chi connectivity index (χ2n) is 4.35. The lowest BCUT2D eigenvalue weighted by Crippen LogP contribution is -2.03. The van der Waals surface area contributed by atoms with Crippen LogP contribution in [0.25, 0.3) is 0 Å². The number of hydrogen-bond acceptors (Lipinski definition) is 5. The van der Waals surface area contributed by atoms with Gasteiger partial charge >= 0.3 is 5.97 Å². The van der Waals surface area contributed by atoms with Crippen LogP contribution >= 0.6 is 0 Å². The minimum atomic E-state index is -0.386. The Bertz CT molecular complexity index is 578. The molecule has 0 saturated heterocycles. The number of nitrogens with zero attached hydrogens (tertiary/aromatic N) is 3. The molecule has 0 saturated carbocycles. The molecule has 0 amide bonds. The van der Waals surface area contributed by atoms with Crippen LogP contribution in [0.1, 0.15) is 30.2 Å². The van der Waals surface area contributed by atoms with Gasteiger partial charge in [-0.15, -0.1) is 0 Å². The number of aromatic nitrogens is 3. The van der Waals surface area contributed by atoms with Crippen molar-refractivity contribution in [2.75, 3.05) is 12.4 Å². The van der Waals surface area contributed by atoms with Gasteiger partial charge in [-0.2, -0.15) is 5.10 Å². The molecular formula is C13H16N4O2. The van der Waals surface area contributed by atoms with Gasteiger partial charge in [-0.1, -0.05) is 0 Å². The summed E-state index contributed by atoms with van der Waals surface area (Å²) in [5.74, 6) is 0.189. The van der Waals surface area contributed by atoms with Gasteiger partial charge in [0.1, 0.15) is 5.82 Å². The fourth-order valence-corrected chi connectivity index (χ4v) is 1.58. The first kappa shape index (κ1) is 13.1. The minimum absolute atomic E-state index is 0.296. The zero-order valence-electron chi connectivity index (χ0n) is 11.1. The van der Waals surface area contributed by atoms with E-state index in [2.05, 4.69) is 20.1 Å². The molecule has 0 atom stereocenters. The lowest BCUT2D eigenvalue weighted by molar-refractivity contribution is 0.0600. The van der Waals surface area contributed by atoms with E-state index in [1.54, 1.807) is 24.5 Å². The number of esters is 1. The van der Waals surface area contributed by atoms with E-state index in [0.717, 1.165) is 5.69 Å². The zero-order chi connectivity index (χ0) is 13.8. The summed E-state index contributed by atoms with van der Waals surface area (Å²) >= 11 is 0. The first-order valence-electron chi connectivity index (χ1n) is 5.95. The Morgan fingerprint density at radius 2 is 2.26 bits per heavy atom. The van der Waals surface area contributed by atoms with Gasteiger partial charge in [-0.05, 0) is 26.0 Å². The molecule has 2 aromatic rings. The highest BCUT2D eigenvalue weighted by Crippen LogP contribution is 2.16. The molecular weight excluding hydrogens is 244 g/mol. The number of anilines is 2. The van der Waals surface area contributed by atoms with Crippen LogP contribution in [0.4, 0.5) is 11.5 Å². The molecule has 0 unspecified atom stereocenters. The fraction of sp³-hybridized carbons (Fsp3) is 0.308. The summed E-state index contributed by atoms with van der Waals surface area (Å²) in [5.41, 5.74) is 1.28. The lowest BCUT2D eigenvalue weighted by atomic mass is 10.2. The van der Waals surface area contributed by atoms with Crippen LogP contribution < -0.4 is 5.32 Å². The van der Waals surface area contributed by atoms with Gasteiger partial charge in [0.05, 0.1) is 24.6 Å². The molecule has 6 heteroatoms. The van der Waals surface area contributed by atoms with Crippen LogP contribution in [0.15, 0.2) is 30.7 Å². The molecule has 2 heterocycles. The van der Waals surface area contributed by atoms with Crippen molar-refractivity contribution in [1.82, 2.24) is 14.8 Å². The molecule has 2 rings (SSSR count). The first-order chi connectivity index (χ1) is 9.10. The Labute approximate surface area is 111 Å². The smallest absolute Gasteiger partial charge is 0.338 e. The number of hydrogen-bond donors (Lipinski definition) is 1. The quantitative estimate of drug-likeness (QED) is 0.855. The van der Waals surface area contributed by atoms with E-state index < -0.39 is 0 Å². The topological polar surface area (TPSA) is 69.0 Å². The van der Waals surface area contributed by atoms with Crippen LogP contribution in [0, 0.1) is 0 Å². The van der Waals surface area contributed by atoms with E-state index in [1.165, 1.54) is 7.11 Å². The number of methoxy groups -OCH3 is 1. The molecule has 0 fully saturated rings. The molecule has 0 aromatic carbocycles. The van der Waals surface area contributed by atoms with Gasteiger partial charge in [0, 0.05) is 18.4 Å². The summed E-state index contributed by atoms with van der Waals surface area (Å²) in [6.07, 6.45) is 5.16. The highest BCUT2D eigenvalue weighted by Gasteiger charge is 2.07. The standard InChI is InChI=1S/C13H16N4O2/c1-9(2)17-8-11(7-15-17)16-12-6-10(4-5-14-12)13(18)19-3/h4-9H,1-3H3,(H,14,16). The monoisotopic (exact) mass is 260 g/mol. The molecule has 6 nitrogen and oxygen atoms in total. The highest BCUT2D eigenvalue weighted by atomic mass is 16.5. The third kappa shape index (κ3) is 3.09. The maximum atomic E-state index is 11.4. The van der Waals surface area contributed by atoms with Gasteiger partial charge in [0.25, 0.3) is 0 Å². The fourth-order valence-electron chi connectivity index (χ4n) is 1.58. The molecule has 0 spiro atoms. The summed E-state index contributed by atoms with van der Waals surface area (Å²) in [6.45, 7) is 4.10. The molecule has 0 bridgehead atoms. The molecule has 0 radical (unpaired) electrons. The number of carbonyl (C=O) groups is 1. The summed E-state index contributed by atoms with van der Waals surface area (Å²) in [6, 6.07) is 3.54. The normalized spacial score (nSPS) is 10.5. The minimum Gasteiger partial charge on any atom is -0.465 e.